The van der Waals surface area contributed by atoms with Crippen molar-refractivity contribution in [2.24, 2.45) is 0 Å². The maximum Gasteiger partial charge on any atom is 0.413 e. The van der Waals surface area contributed by atoms with Crippen LogP contribution in [0.3, 0.4) is 0 Å². The Morgan fingerprint density at radius 3 is 2.87 bits per heavy atom. The van der Waals surface area contributed by atoms with Gasteiger partial charge in [-0.25, -0.2) is 4.79 Å². The summed E-state index contributed by atoms with van der Waals surface area (Å²) >= 11 is 0. The van der Waals surface area contributed by atoms with E-state index in [2.05, 4.69) is 9.72 Å². The molecule has 0 fully saturated rings. The van der Waals surface area contributed by atoms with E-state index in [1.807, 2.05) is 5.32 Å². The predicted octanol–water partition coefficient (Wildman–Crippen LogP) is 0.977. The quantitative estimate of drug-likeness (QED) is 0.732. The molecule has 5 heteroatoms. The van der Waals surface area contributed by atoms with Crippen LogP contribution in [-0.2, 0) is 9.53 Å². The summed E-state index contributed by atoms with van der Waals surface area (Å²) in [4.78, 5) is 25.7. The summed E-state index contributed by atoms with van der Waals surface area (Å²) in [5, 5.41) is 1.99. The van der Waals surface area contributed by atoms with Crippen molar-refractivity contribution in [3.05, 3.63) is 36.2 Å². The fraction of sp³-hybridized carbons (Fsp3) is 0.100. The molecule has 78 valence electrons. The molecule has 1 heterocycles. The highest BCUT2D eigenvalue weighted by atomic mass is 16.5. The van der Waals surface area contributed by atoms with E-state index >= 15 is 0 Å². The predicted molar refractivity (Wildman–Crippen MR) is 53.8 cm³/mol. The van der Waals surface area contributed by atoms with E-state index in [0.717, 1.165) is 0 Å². The SMILES string of the molecule is COC(=O)NC(=O)/C=C/c1ccccn1. The second-order valence-corrected chi connectivity index (χ2v) is 2.57. The number of alkyl carbamates (subject to hydrolysis) is 1. The highest BCUT2D eigenvalue weighted by Crippen LogP contribution is 1.95. The molecule has 0 aliphatic carbocycles. The lowest BCUT2D eigenvalue weighted by Gasteiger charge is -1.97. The number of aromatic nitrogens is 1. The molecule has 1 N–H and O–H groups in total. The van der Waals surface area contributed by atoms with Crippen LogP contribution in [-0.4, -0.2) is 24.1 Å². The number of nitrogens with zero attached hydrogens (tertiary/aromatic N) is 1. The molecule has 0 aliphatic heterocycles. The number of hydrogen-bond donors (Lipinski definition) is 1. The van der Waals surface area contributed by atoms with Crippen LogP contribution in [0.5, 0.6) is 0 Å². The molecule has 0 aromatic carbocycles. The summed E-state index contributed by atoms with van der Waals surface area (Å²) in [5.41, 5.74) is 0.637. The van der Waals surface area contributed by atoms with Crippen molar-refractivity contribution in [2.45, 2.75) is 0 Å². The lowest BCUT2D eigenvalue weighted by Crippen LogP contribution is -2.28. The van der Waals surface area contributed by atoms with Gasteiger partial charge in [-0.05, 0) is 18.2 Å². The van der Waals surface area contributed by atoms with Crippen LogP contribution in [0.15, 0.2) is 30.5 Å². The first kappa shape index (κ1) is 10.9. The summed E-state index contributed by atoms with van der Waals surface area (Å²) in [6, 6.07) is 5.30. The first-order valence-corrected chi connectivity index (χ1v) is 4.20. The highest BCUT2D eigenvalue weighted by molar-refractivity contribution is 6.00. The third kappa shape index (κ3) is 4.04. The minimum Gasteiger partial charge on any atom is -0.453 e. The molecule has 15 heavy (non-hydrogen) atoms. The van der Waals surface area contributed by atoms with E-state index in [0.29, 0.717) is 5.69 Å². The normalized spacial score (nSPS) is 9.93. The van der Waals surface area contributed by atoms with E-state index in [4.69, 9.17) is 0 Å². The number of rotatable bonds is 2. The average molecular weight is 206 g/mol. The molecule has 1 aromatic rings. The van der Waals surface area contributed by atoms with Gasteiger partial charge in [-0.3, -0.25) is 15.1 Å². The third-order valence-corrected chi connectivity index (χ3v) is 1.50. The smallest absolute Gasteiger partial charge is 0.413 e. The Hall–Kier alpha value is -2.17. The molecule has 0 bridgehead atoms. The van der Waals surface area contributed by atoms with Gasteiger partial charge < -0.3 is 4.74 Å². The van der Waals surface area contributed by atoms with Crippen LogP contribution in [0.1, 0.15) is 5.69 Å². The van der Waals surface area contributed by atoms with Crippen LogP contribution in [0.4, 0.5) is 4.79 Å². The lowest BCUT2D eigenvalue weighted by atomic mass is 10.3. The number of pyridine rings is 1. The molecule has 1 aromatic heterocycles. The Bertz CT molecular complexity index is 374. The van der Waals surface area contributed by atoms with Crippen molar-refractivity contribution in [2.75, 3.05) is 7.11 Å². The van der Waals surface area contributed by atoms with E-state index in [9.17, 15) is 9.59 Å². The zero-order chi connectivity index (χ0) is 11.1. The van der Waals surface area contributed by atoms with Crippen molar-refractivity contribution in [3.8, 4) is 0 Å². The molecule has 0 aliphatic rings. The number of carbonyl (C=O) groups excluding carboxylic acids is 2. The van der Waals surface area contributed by atoms with Crippen molar-refractivity contribution < 1.29 is 14.3 Å². The summed E-state index contributed by atoms with van der Waals surface area (Å²) < 4.78 is 4.25. The summed E-state index contributed by atoms with van der Waals surface area (Å²) in [7, 11) is 1.19. The number of hydrogen-bond acceptors (Lipinski definition) is 4. The van der Waals surface area contributed by atoms with Gasteiger partial charge in [-0.15, -0.1) is 0 Å². The number of amides is 2. The number of methoxy groups -OCH3 is 1. The zero-order valence-corrected chi connectivity index (χ0v) is 8.14. The largest absolute Gasteiger partial charge is 0.453 e. The number of imide groups is 1. The number of ether oxygens (including phenoxy) is 1. The fourth-order valence-corrected chi connectivity index (χ4v) is 0.829. The molecule has 0 saturated carbocycles. The van der Waals surface area contributed by atoms with Gasteiger partial charge in [0.25, 0.3) is 5.91 Å². The Morgan fingerprint density at radius 2 is 2.27 bits per heavy atom. The molecular formula is C10H10N2O3. The van der Waals surface area contributed by atoms with Gasteiger partial charge in [0.05, 0.1) is 12.8 Å². The molecule has 2 amide bonds. The van der Waals surface area contributed by atoms with Gasteiger partial charge in [0.2, 0.25) is 0 Å². The van der Waals surface area contributed by atoms with Crippen molar-refractivity contribution in [1.29, 1.82) is 0 Å². The number of nitrogens with one attached hydrogen (secondary N) is 1. The van der Waals surface area contributed by atoms with Gasteiger partial charge >= 0.3 is 6.09 Å². The van der Waals surface area contributed by atoms with Gasteiger partial charge in [0.1, 0.15) is 0 Å². The van der Waals surface area contributed by atoms with Crippen molar-refractivity contribution in [3.63, 3.8) is 0 Å². The molecule has 5 nitrogen and oxygen atoms in total. The second-order valence-electron chi connectivity index (χ2n) is 2.57. The average Bonchev–Trinajstić information content (AvgIpc) is 2.27. The standard InChI is InChI=1S/C10H10N2O3/c1-15-10(14)12-9(13)6-5-8-4-2-3-7-11-8/h2-7H,1H3,(H,12,13,14)/b6-5+. The Kier molecular flexibility index (Phi) is 4.03. The molecule has 0 unspecified atom stereocenters. The van der Waals surface area contributed by atoms with E-state index in [-0.39, 0.29) is 0 Å². The van der Waals surface area contributed by atoms with Crippen LogP contribution >= 0.6 is 0 Å². The van der Waals surface area contributed by atoms with E-state index < -0.39 is 12.0 Å². The van der Waals surface area contributed by atoms with E-state index in [1.165, 1.54) is 19.3 Å². The maximum atomic E-state index is 11.1. The minimum atomic E-state index is -0.786. The second kappa shape index (κ2) is 5.54. The first-order valence-electron chi connectivity index (χ1n) is 4.20. The van der Waals surface area contributed by atoms with Gasteiger partial charge in [0.15, 0.2) is 0 Å². The van der Waals surface area contributed by atoms with Gasteiger partial charge in [-0.2, -0.15) is 0 Å². The molecule has 0 saturated heterocycles. The maximum absolute atomic E-state index is 11.1. The summed E-state index contributed by atoms with van der Waals surface area (Å²) in [5.74, 6) is -0.549. The van der Waals surface area contributed by atoms with Crippen molar-refractivity contribution in [1.82, 2.24) is 10.3 Å². The van der Waals surface area contributed by atoms with Crippen molar-refractivity contribution >= 4 is 18.1 Å². The first-order chi connectivity index (χ1) is 7.22. The molecular weight excluding hydrogens is 196 g/mol. The molecule has 0 spiro atoms. The van der Waals surface area contributed by atoms with Crippen LogP contribution in [0.2, 0.25) is 0 Å². The Balaban J connectivity index is 2.52. The zero-order valence-electron chi connectivity index (χ0n) is 8.14. The monoisotopic (exact) mass is 206 g/mol. The number of carbonyl (C=O) groups is 2. The van der Waals surface area contributed by atoms with Crippen LogP contribution in [0, 0.1) is 0 Å². The fourth-order valence-electron chi connectivity index (χ4n) is 0.829. The Labute approximate surface area is 86.8 Å². The van der Waals surface area contributed by atoms with E-state index in [1.54, 1.807) is 24.4 Å². The van der Waals surface area contributed by atoms with Gasteiger partial charge in [-0.1, -0.05) is 6.07 Å². The van der Waals surface area contributed by atoms with Gasteiger partial charge in [0, 0.05) is 12.3 Å². The summed E-state index contributed by atoms with van der Waals surface area (Å²) in [6.07, 6.45) is 3.53. The molecule has 0 atom stereocenters. The minimum absolute atomic E-state index is 0.549. The topological polar surface area (TPSA) is 68.3 Å². The molecule has 0 radical (unpaired) electrons. The highest BCUT2D eigenvalue weighted by Gasteiger charge is 2.02. The lowest BCUT2D eigenvalue weighted by molar-refractivity contribution is -0.115. The van der Waals surface area contributed by atoms with Crippen LogP contribution in [0.25, 0.3) is 6.08 Å². The molecule has 1 rings (SSSR count). The Morgan fingerprint density at radius 1 is 1.47 bits per heavy atom. The summed E-state index contributed by atoms with van der Waals surface area (Å²) in [6.45, 7) is 0. The third-order valence-electron chi connectivity index (χ3n) is 1.50. The van der Waals surface area contributed by atoms with Crippen LogP contribution < -0.4 is 5.32 Å².